The molecule has 0 atom stereocenters. The molecule has 24 heavy (non-hydrogen) atoms. The van der Waals surface area contributed by atoms with Crippen molar-refractivity contribution in [2.24, 2.45) is 0 Å². The zero-order valence-corrected chi connectivity index (χ0v) is 13.9. The van der Waals surface area contributed by atoms with Gasteiger partial charge in [-0.05, 0) is 24.6 Å². The average Bonchev–Trinajstić information content (AvgIpc) is 3.10. The molecule has 0 amide bonds. The molecule has 1 heterocycles. The third-order valence-corrected chi connectivity index (χ3v) is 4.95. The van der Waals surface area contributed by atoms with Crippen LogP contribution in [0.3, 0.4) is 0 Å². The van der Waals surface area contributed by atoms with Crippen molar-refractivity contribution in [3.63, 3.8) is 0 Å². The van der Waals surface area contributed by atoms with Crippen LogP contribution in [-0.2, 0) is 19.6 Å². The minimum atomic E-state index is -3.70. The van der Waals surface area contributed by atoms with Crippen LogP contribution >= 0.6 is 0 Å². The molecule has 0 spiro atoms. The number of aromatic nitrogens is 1. The SMILES string of the molecule is COC(=O)/C=C/CCC(=O)c1ccn(S(=O)(=O)c2ccccc2)c1. The summed E-state index contributed by atoms with van der Waals surface area (Å²) in [7, 11) is -2.43. The highest BCUT2D eigenvalue weighted by Crippen LogP contribution is 2.16. The second-order valence-corrected chi connectivity index (χ2v) is 6.78. The van der Waals surface area contributed by atoms with Gasteiger partial charge >= 0.3 is 5.97 Å². The molecule has 0 aliphatic heterocycles. The van der Waals surface area contributed by atoms with E-state index in [0.29, 0.717) is 12.0 Å². The predicted molar refractivity (Wildman–Crippen MR) is 88.2 cm³/mol. The molecule has 2 aromatic rings. The van der Waals surface area contributed by atoms with Gasteiger partial charge < -0.3 is 4.74 Å². The Morgan fingerprint density at radius 2 is 1.88 bits per heavy atom. The first-order chi connectivity index (χ1) is 11.4. The predicted octanol–water partition coefficient (Wildman–Crippen LogP) is 2.42. The average molecular weight is 347 g/mol. The number of ether oxygens (including phenoxy) is 1. The fraction of sp³-hybridized carbons (Fsp3) is 0.176. The Kier molecular flexibility index (Phi) is 5.70. The van der Waals surface area contributed by atoms with Crippen LogP contribution in [0, 0.1) is 0 Å². The normalized spacial score (nSPS) is 11.5. The summed E-state index contributed by atoms with van der Waals surface area (Å²) in [6, 6.07) is 9.45. The lowest BCUT2D eigenvalue weighted by atomic mass is 10.1. The van der Waals surface area contributed by atoms with E-state index in [0.717, 1.165) is 3.97 Å². The van der Waals surface area contributed by atoms with Gasteiger partial charge in [0.25, 0.3) is 10.0 Å². The van der Waals surface area contributed by atoms with Gasteiger partial charge in [0.2, 0.25) is 0 Å². The van der Waals surface area contributed by atoms with Crippen LogP contribution in [-0.4, -0.2) is 31.3 Å². The highest BCUT2D eigenvalue weighted by molar-refractivity contribution is 7.90. The molecule has 0 saturated heterocycles. The number of esters is 1. The van der Waals surface area contributed by atoms with Gasteiger partial charge in [0, 0.05) is 30.5 Å². The van der Waals surface area contributed by atoms with E-state index in [1.54, 1.807) is 24.3 Å². The Morgan fingerprint density at radius 1 is 1.17 bits per heavy atom. The molecule has 0 radical (unpaired) electrons. The third-order valence-electron chi connectivity index (χ3n) is 3.30. The van der Waals surface area contributed by atoms with Crippen molar-refractivity contribution in [1.29, 1.82) is 0 Å². The summed E-state index contributed by atoms with van der Waals surface area (Å²) in [5, 5.41) is 0. The molecule has 7 heteroatoms. The number of allylic oxidation sites excluding steroid dienone is 1. The van der Waals surface area contributed by atoms with Crippen LogP contribution in [0.25, 0.3) is 0 Å². The largest absolute Gasteiger partial charge is 0.466 e. The maximum absolute atomic E-state index is 12.4. The molecule has 2 rings (SSSR count). The smallest absolute Gasteiger partial charge is 0.330 e. The van der Waals surface area contributed by atoms with Gasteiger partial charge in [0.05, 0.1) is 12.0 Å². The number of Topliss-reactive ketones (excluding diaryl/α,β-unsaturated/α-hetero) is 1. The van der Waals surface area contributed by atoms with Crippen molar-refractivity contribution >= 4 is 21.8 Å². The second kappa shape index (κ2) is 7.74. The molecule has 0 aliphatic rings. The van der Waals surface area contributed by atoms with Gasteiger partial charge in [0.15, 0.2) is 5.78 Å². The van der Waals surface area contributed by atoms with E-state index in [2.05, 4.69) is 4.74 Å². The number of methoxy groups -OCH3 is 1. The van der Waals surface area contributed by atoms with E-state index in [9.17, 15) is 18.0 Å². The summed E-state index contributed by atoms with van der Waals surface area (Å²) in [6.07, 6.45) is 5.97. The zero-order valence-electron chi connectivity index (χ0n) is 13.1. The fourth-order valence-electron chi connectivity index (χ4n) is 2.01. The highest BCUT2D eigenvalue weighted by atomic mass is 32.2. The molecular formula is C17H17NO5S. The van der Waals surface area contributed by atoms with Gasteiger partial charge in [-0.15, -0.1) is 0 Å². The quantitative estimate of drug-likeness (QED) is 0.436. The van der Waals surface area contributed by atoms with E-state index in [1.165, 1.54) is 43.8 Å². The van der Waals surface area contributed by atoms with E-state index in [1.807, 2.05) is 0 Å². The van der Waals surface area contributed by atoms with Crippen LogP contribution < -0.4 is 0 Å². The molecule has 6 nitrogen and oxygen atoms in total. The van der Waals surface area contributed by atoms with E-state index >= 15 is 0 Å². The number of hydrogen-bond acceptors (Lipinski definition) is 5. The summed E-state index contributed by atoms with van der Waals surface area (Å²) in [5.41, 5.74) is 0.306. The van der Waals surface area contributed by atoms with Gasteiger partial charge in [-0.3, -0.25) is 4.79 Å². The monoisotopic (exact) mass is 347 g/mol. The fourth-order valence-corrected chi connectivity index (χ4v) is 3.23. The standard InChI is InChI=1S/C17H17NO5S/c1-23-17(20)10-6-5-9-16(19)14-11-12-18(13-14)24(21,22)15-7-3-2-4-8-15/h2-4,6-8,10-13H,5,9H2,1H3/b10-6+. The van der Waals surface area contributed by atoms with Gasteiger partial charge in [-0.25, -0.2) is 17.2 Å². The summed E-state index contributed by atoms with van der Waals surface area (Å²) in [6.45, 7) is 0. The van der Waals surface area contributed by atoms with Crippen molar-refractivity contribution in [1.82, 2.24) is 3.97 Å². The van der Waals surface area contributed by atoms with E-state index < -0.39 is 16.0 Å². The van der Waals surface area contributed by atoms with Gasteiger partial charge in [-0.1, -0.05) is 24.3 Å². The molecule has 0 fully saturated rings. The number of rotatable bonds is 7. The number of ketones is 1. The topological polar surface area (TPSA) is 82.4 Å². The maximum atomic E-state index is 12.4. The molecule has 1 aromatic heterocycles. The third kappa shape index (κ3) is 4.20. The summed E-state index contributed by atoms with van der Waals surface area (Å²) in [5.74, 6) is -0.686. The second-order valence-electron chi connectivity index (χ2n) is 4.94. The van der Waals surface area contributed by atoms with Gasteiger partial charge in [-0.2, -0.15) is 0 Å². The summed E-state index contributed by atoms with van der Waals surface area (Å²) in [4.78, 5) is 23.1. The Bertz CT molecular complexity index is 850. The molecule has 1 aromatic carbocycles. The zero-order chi connectivity index (χ0) is 17.6. The molecule has 0 bridgehead atoms. The van der Waals surface area contributed by atoms with Crippen LogP contribution in [0.2, 0.25) is 0 Å². The van der Waals surface area contributed by atoms with E-state index in [-0.39, 0.29) is 17.1 Å². The van der Waals surface area contributed by atoms with Crippen LogP contribution in [0.15, 0.2) is 65.8 Å². The Morgan fingerprint density at radius 3 is 2.54 bits per heavy atom. The highest BCUT2D eigenvalue weighted by Gasteiger charge is 2.17. The molecule has 0 aliphatic carbocycles. The van der Waals surface area contributed by atoms with Crippen molar-refractivity contribution in [3.05, 3.63) is 66.5 Å². The Balaban J connectivity index is 2.06. The number of benzene rings is 1. The summed E-state index contributed by atoms with van der Waals surface area (Å²) < 4.78 is 30.3. The molecule has 0 saturated carbocycles. The van der Waals surface area contributed by atoms with Crippen LogP contribution in [0.4, 0.5) is 0 Å². The molecular weight excluding hydrogens is 330 g/mol. The minimum absolute atomic E-state index is 0.153. The van der Waals surface area contributed by atoms with Crippen LogP contribution in [0.1, 0.15) is 23.2 Å². The molecule has 0 N–H and O–H groups in total. The number of carbonyl (C=O) groups excluding carboxylic acids is 2. The van der Waals surface area contributed by atoms with Crippen molar-refractivity contribution in [2.75, 3.05) is 7.11 Å². The minimum Gasteiger partial charge on any atom is -0.466 e. The van der Waals surface area contributed by atoms with Crippen molar-refractivity contribution in [3.8, 4) is 0 Å². The first-order valence-electron chi connectivity index (χ1n) is 7.21. The van der Waals surface area contributed by atoms with E-state index in [4.69, 9.17) is 0 Å². The van der Waals surface area contributed by atoms with Crippen molar-refractivity contribution in [2.45, 2.75) is 17.7 Å². The first kappa shape index (κ1) is 17.7. The van der Waals surface area contributed by atoms with Crippen molar-refractivity contribution < 1.29 is 22.7 Å². The summed E-state index contributed by atoms with van der Waals surface area (Å²) >= 11 is 0. The maximum Gasteiger partial charge on any atom is 0.330 e. The van der Waals surface area contributed by atoms with Gasteiger partial charge in [0.1, 0.15) is 0 Å². The Labute approximate surface area is 140 Å². The lowest BCUT2D eigenvalue weighted by molar-refractivity contribution is -0.134. The lowest BCUT2D eigenvalue weighted by Gasteiger charge is -2.04. The Hall–Kier alpha value is -2.67. The van der Waals surface area contributed by atoms with Crippen LogP contribution in [0.5, 0.6) is 0 Å². The molecule has 0 unspecified atom stereocenters. The number of hydrogen-bond donors (Lipinski definition) is 0. The lowest BCUT2D eigenvalue weighted by Crippen LogP contribution is -2.11. The number of carbonyl (C=O) groups is 2. The first-order valence-corrected chi connectivity index (χ1v) is 8.65. The number of nitrogens with zero attached hydrogens (tertiary/aromatic N) is 1. The molecule has 126 valence electrons.